The predicted octanol–water partition coefficient (Wildman–Crippen LogP) is 2.64. The smallest absolute Gasteiger partial charge is 0.171 e. The number of thiocarbonyl (C=S) groups is 1. The van der Waals surface area contributed by atoms with Crippen LogP contribution >= 0.6 is 23.8 Å². The van der Waals surface area contributed by atoms with E-state index in [-0.39, 0.29) is 6.04 Å². The van der Waals surface area contributed by atoms with Crippen LogP contribution in [0.2, 0.25) is 5.02 Å². The minimum absolute atomic E-state index is 0.276. The van der Waals surface area contributed by atoms with E-state index in [0.717, 1.165) is 18.0 Å². The molecule has 0 amide bonds. The van der Waals surface area contributed by atoms with Gasteiger partial charge >= 0.3 is 0 Å². The molecule has 0 aliphatic carbocycles. The van der Waals surface area contributed by atoms with Crippen molar-refractivity contribution in [1.29, 1.82) is 0 Å². The van der Waals surface area contributed by atoms with E-state index in [1.165, 1.54) is 25.9 Å². The molecular weight excluding hydrogens is 330 g/mol. The van der Waals surface area contributed by atoms with Crippen molar-refractivity contribution < 1.29 is 9.32 Å². The molecule has 0 unspecified atom stereocenters. The maximum absolute atomic E-state index is 6.15. The van der Waals surface area contributed by atoms with Gasteiger partial charge in [0.1, 0.15) is 0 Å². The third-order valence-corrected chi connectivity index (χ3v) is 4.79. The summed E-state index contributed by atoms with van der Waals surface area (Å²) in [5, 5.41) is 7.69. The first-order valence-corrected chi connectivity index (χ1v) is 8.70. The predicted molar refractivity (Wildman–Crippen MR) is 97.1 cm³/mol. The van der Waals surface area contributed by atoms with E-state index in [1.807, 2.05) is 36.4 Å². The number of nitrogens with one attached hydrogen (secondary N) is 3. The average molecular weight is 351 g/mol. The van der Waals surface area contributed by atoms with E-state index in [2.05, 4.69) is 10.6 Å². The largest absolute Gasteiger partial charge is 0.463 e. The third-order valence-electron chi connectivity index (χ3n) is 4.21. The number of rotatable bonds is 5. The number of hydrogen-bond acceptors (Lipinski definition) is 2. The van der Waals surface area contributed by atoms with Gasteiger partial charge in [-0.25, -0.2) is 0 Å². The maximum Gasteiger partial charge on any atom is 0.171 e. The summed E-state index contributed by atoms with van der Waals surface area (Å²) in [4.78, 5) is 1.55. The van der Waals surface area contributed by atoms with Gasteiger partial charge in [0.15, 0.2) is 16.9 Å². The summed E-state index contributed by atoms with van der Waals surface area (Å²) in [6.07, 6.45) is 4.28. The molecule has 2 aromatic rings. The number of anilines is 1. The maximum atomic E-state index is 6.15. The first-order valence-electron chi connectivity index (χ1n) is 7.91. The fraction of sp³-hybridized carbons (Fsp3) is 0.353. The van der Waals surface area contributed by atoms with Gasteiger partial charge in [-0.15, -0.1) is 0 Å². The van der Waals surface area contributed by atoms with Crippen molar-refractivity contribution in [2.45, 2.75) is 18.9 Å². The second-order valence-electron chi connectivity index (χ2n) is 5.75. The van der Waals surface area contributed by atoms with Gasteiger partial charge in [-0.3, -0.25) is 0 Å². The Morgan fingerprint density at radius 1 is 1.22 bits per heavy atom. The van der Waals surface area contributed by atoms with Gasteiger partial charge in [0.2, 0.25) is 0 Å². The minimum Gasteiger partial charge on any atom is -0.463 e. The van der Waals surface area contributed by atoms with Gasteiger partial charge < -0.3 is 20.0 Å². The Hall–Kier alpha value is -1.56. The molecule has 0 spiro atoms. The van der Waals surface area contributed by atoms with Crippen LogP contribution < -0.4 is 15.5 Å². The molecule has 3 rings (SSSR count). The Balaban J connectivity index is 1.60. The summed E-state index contributed by atoms with van der Waals surface area (Å²) in [5.41, 5.74) is 0.815. The van der Waals surface area contributed by atoms with Crippen molar-refractivity contribution in [1.82, 2.24) is 5.32 Å². The highest BCUT2D eigenvalue weighted by atomic mass is 35.5. The quantitative estimate of drug-likeness (QED) is 0.725. The molecule has 3 N–H and O–H groups in total. The molecular formula is C17H21ClN3OS+. The van der Waals surface area contributed by atoms with Crippen molar-refractivity contribution in [3.05, 3.63) is 53.4 Å². The van der Waals surface area contributed by atoms with Crippen LogP contribution in [-0.2, 0) is 0 Å². The lowest BCUT2D eigenvalue weighted by Crippen LogP contribution is -3.11. The van der Waals surface area contributed by atoms with E-state index >= 15 is 0 Å². The Bertz CT molecular complexity index is 641. The minimum atomic E-state index is 0.276. The van der Waals surface area contributed by atoms with Gasteiger partial charge in [-0.1, -0.05) is 23.7 Å². The molecule has 1 aliphatic rings. The normalized spacial score (nSPS) is 16.2. The van der Waals surface area contributed by atoms with Gasteiger partial charge in [0.25, 0.3) is 0 Å². The van der Waals surface area contributed by atoms with Gasteiger partial charge in [0, 0.05) is 12.8 Å². The van der Waals surface area contributed by atoms with E-state index in [4.69, 9.17) is 28.2 Å². The van der Waals surface area contributed by atoms with Crippen molar-refractivity contribution in [2.75, 3.05) is 25.0 Å². The number of quaternary nitrogens is 1. The molecule has 0 bridgehead atoms. The molecule has 1 aliphatic heterocycles. The van der Waals surface area contributed by atoms with Crippen molar-refractivity contribution in [3.8, 4) is 0 Å². The van der Waals surface area contributed by atoms with Crippen LogP contribution in [0.5, 0.6) is 0 Å². The monoisotopic (exact) mass is 350 g/mol. The zero-order valence-corrected chi connectivity index (χ0v) is 14.4. The topological polar surface area (TPSA) is 41.6 Å². The Morgan fingerprint density at radius 3 is 2.70 bits per heavy atom. The van der Waals surface area contributed by atoms with Crippen molar-refractivity contribution >= 4 is 34.6 Å². The molecule has 2 heterocycles. The van der Waals surface area contributed by atoms with Crippen LogP contribution in [0.4, 0.5) is 5.69 Å². The highest BCUT2D eigenvalue weighted by molar-refractivity contribution is 7.80. The highest BCUT2D eigenvalue weighted by Gasteiger charge is 2.29. The molecule has 1 saturated heterocycles. The summed E-state index contributed by atoms with van der Waals surface area (Å²) >= 11 is 11.5. The Labute approximate surface area is 146 Å². The molecule has 4 nitrogen and oxygen atoms in total. The third kappa shape index (κ3) is 4.25. The molecule has 1 atom stereocenters. The zero-order chi connectivity index (χ0) is 16.1. The molecule has 23 heavy (non-hydrogen) atoms. The lowest BCUT2D eigenvalue weighted by atomic mass is 10.2. The number of likely N-dealkylation sites (tertiary alicyclic amines) is 1. The van der Waals surface area contributed by atoms with E-state index < -0.39 is 0 Å². The second-order valence-corrected chi connectivity index (χ2v) is 6.56. The number of hydrogen-bond donors (Lipinski definition) is 3. The summed E-state index contributed by atoms with van der Waals surface area (Å²) in [6.45, 7) is 3.09. The van der Waals surface area contributed by atoms with E-state index in [0.29, 0.717) is 10.1 Å². The lowest BCUT2D eigenvalue weighted by Gasteiger charge is -2.24. The fourth-order valence-electron chi connectivity index (χ4n) is 3.04. The SMILES string of the molecule is S=C(NC[C@H](c1ccco1)[NH+]1CCCC1)Nc1ccccc1Cl. The number of furan rings is 1. The average Bonchev–Trinajstić information content (AvgIpc) is 3.23. The second kappa shape index (κ2) is 7.81. The van der Waals surface area contributed by atoms with E-state index in [1.54, 1.807) is 11.2 Å². The molecule has 1 fully saturated rings. The van der Waals surface area contributed by atoms with Crippen LogP contribution in [0.1, 0.15) is 24.6 Å². The zero-order valence-electron chi connectivity index (χ0n) is 12.8. The summed E-state index contributed by atoms with van der Waals surface area (Å²) in [5.74, 6) is 1.01. The Kier molecular flexibility index (Phi) is 5.54. The van der Waals surface area contributed by atoms with E-state index in [9.17, 15) is 0 Å². The van der Waals surface area contributed by atoms with Crippen molar-refractivity contribution in [3.63, 3.8) is 0 Å². The summed E-state index contributed by atoms with van der Waals surface area (Å²) < 4.78 is 5.63. The van der Waals surface area contributed by atoms with Gasteiger partial charge in [-0.2, -0.15) is 0 Å². The van der Waals surface area contributed by atoms with Crippen LogP contribution in [0.15, 0.2) is 47.1 Å². The standard InChI is InChI=1S/C17H20ClN3OS/c18-13-6-1-2-7-14(13)20-17(23)19-12-15(16-8-5-11-22-16)21-9-3-4-10-21/h1-2,5-8,11,15H,3-4,9-10,12H2,(H2,19,20,23)/p+1/t15-/m1/s1. The van der Waals surface area contributed by atoms with Crippen LogP contribution in [-0.4, -0.2) is 24.7 Å². The number of halogens is 1. The molecule has 0 radical (unpaired) electrons. The fourth-order valence-corrected chi connectivity index (χ4v) is 3.41. The highest BCUT2D eigenvalue weighted by Crippen LogP contribution is 2.20. The van der Waals surface area contributed by atoms with Crippen molar-refractivity contribution in [2.24, 2.45) is 0 Å². The summed E-state index contributed by atoms with van der Waals surface area (Å²) in [6, 6.07) is 11.8. The summed E-state index contributed by atoms with van der Waals surface area (Å²) in [7, 11) is 0. The number of benzene rings is 1. The molecule has 6 heteroatoms. The van der Waals surface area contributed by atoms with Crippen LogP contribution in [0.25, 0.3) is 0 Å². The van der Waals surface area contributed by atoms with Gasteiger partial charge in [-0.05, 0) is 36.5 Å². The molecule has 0 saturated carbocycles. The molecule has 1 aromatic carbocycles. The van der Waals surface area contributed by atoms with Crippen LogP contribution in [0.3, 0.4) is 0 Å². The van der Waals surface area contributed by atoms with Crippen LogP contribution in [0, 0.1) is 0 Å². The first-order chi connectivity index (χ1) is 11.2. The molecule has 1 aromatic heterocycles. The lowest BCUT2D eigenvalue weighted by molar-refractivity contribution is -0.919. The Morgan fingerprint density at radius 2 is 2.00 bits per heavy atom. The number of para-hydroxylation sites is 1. The first kappa shape index (κ1) is 16.3. The molecule has 122 valence electrons. The van der Waals surface area contributed by atoms with Gasteiger partial charge in [0.05, 0.1) is 36.6 Å².